The lowest BCUT2D eigenvalue weighted by atomic mass is 9.40. The standard InChI is InChI=1S/C36H40B6N6O3/c1-19-7-8-21(16-43)18-46(19)33(49)25-13-27-31(29(15-25)51-3)45(2)32(44-27)28-14-22-5-4-6-26(30(22)47(28)17-20-9-10-20)23-11-24(12-23)34(50)48(35(37,38)39)36(40,41)42/h4-6,13-15,19-21,23-24H,7-12,16-18,43H2,1-3H3/t19-,21-,23?,24?/m0/s1. The van der Waals surface area contributed by atoms with E-state index in [1.807, 2.05) is 30.1 Å². The monoisotopic (exact) mass is 670 g/mol. The summed E-state index contributed by atoms with van der Waals surface area (Å²) in [5.74, 6) is 1.35. The van der Waals surface area contributed by atoms with E-state index in [0.29, 0.717) is 54.6 Å². The average Bonchev–Trinajstić information content (AvgIpc) is 3.70. The molecule has 3 heterocycles. The molecular weight excluding hydrogens is 629 g/mol. The number of hydrogen-bond acceptors (Lipinski definition) is 5. The van der Waals surface area contributed by atoms with Crippen molar-refractivity contribution in [3.63, 3.8) is 0 Å². The summed E-state index contributed by atoms with van der Waals surface area (Å²) in [5.41, 5.74) is 11.3. The third-order valence-corrected chi connectivity index (χ3v) is 11.2. The number of benzene rings is 2. The fourth-order valence-electron chi connectivity index (χ4n) is 8.23. The van der Waals surface area contributed by atoms with E-state index in [1.54, 1.807) is 7.11 Å². The Balaban J connectivity index is 1.26. The Morgan fingerprint density at radius 1 is 0.980 bits per heavy atom. The van der Waals surface area contributed by atoms with E-state index < -0.39 is 22.3 Å². The Labute approximate surface area is 308 Å². The lowest BCUT2D eigenvalue weighted by Gasteiger charge is -2.52. The number of para-hydroxylation sites is 1. The summed E-state index contributed by atoms with van der Waals surface area (Å²) >= 11 is 0. The van der Waals surface area contributed by atoms with Crippen LogP contribution in [0, 0.1) is 17.8 Å². The minimum Gasteiger partial charge on any atom is -0.494 e. The molecule has 1 saturated heterocycles. The topological polar surface area (TPSA) is 98.6 Å². The highest BCUT2D eigenvalue weighted by atomic mass is 16.5. The van der Waals surface area contributed by atoms with Gasteiger partial charge in [0.2, 0.25) is 5.91 Å². The normalized spacial score (nSPS) is 22.6. The van der Waals surface area contributed by atoms with Gasteiger partial charge in [-0.1, -0.05) is 28.7 Å². The first-order chi connectivity index (χ1) is 24.1. The first-order valence-electron chi connectivity index (χ1n) is 17.9. The Kier molecular flexibility index (Phi) is 9.29. The van der Waals surface area contributed by atoms with E-state index >= 15 is 0 Å². The molecule has 2 aromatic carbocycles. The van der Waals surface area contributed by atoms with Gasteiger partial charge in [-0.05, 0) is 93.5 Å². The highest BCUT2D eigenvalue weighted by Crippen LogP contribution is 2.47. The smallest absolute Gasteiger partial charge is 0.254 e. The zero-order valence-electron chi connectivity index (χ0n) is 29.7. The highest BCUT2D eigenvalue weighted by Gasteiger charge is 2.43. The van der Waals surface area contributed by atoms with Gasteiger partial charge < -0.3 is 29.4 Å². The zero-order chi connectivity index (χ0) is 36.6. The fourth-order valence-corrected chi connectivity index (χ4v) is 8.23. The number of nitrogens with zero attached hydrogens (tertiary/aromatic N) is 5. The molecule has 0 unspecified atom stereocenters. The molecule has 7 rings (SSSR count). The molecule has 3 aliphatic rings. The zero-order valence-corrected chi connectivity index (χ0v) is 29.7. The van der Waals surface area contributed by atoms with Crippen LogP contribution in [0.3, 0.4) is 0 Å². The molecule has 15 heteroatoms. The number of fused-ring (bicyclic) bond motifs is 2. The maximum absolute atomic E-state index is 13.9. The van der Waals surface area contributed by atoms with Crippen LogP contribution in [0.4, 0.5) is 0 Å². The highest BCUT2D eigenvalue weighted by molar-refractivity contribution is 6.64. The number of likely N-dealkylation sites (tertiary alicyclic amines) is 1. The number of aromatic nitrogens is 3. The van der Waals surface area contributed by atoms with Gasteiger partial charge in [-0.2, -0.15) is 0 Å². The molecule has 2 saturated carbocycles. The van der Waals surface area contributed by atoms with E-state index in [9.17, 15) is 9.59 Å². The number of aryl methyl sites for hydroxylation is 1. The minimum atomic E-state index is -2.11. The molecule has 9 nitrogen and oxygen atoms in total. The average molecular weight is 670 g/mol. The third kappa shape index (κ3) is 6.57. The number of hydrogen-bond donors (Lipinski definition) is 1. The first-order valence-corrected chi connectivity index (χ1v) is 17.9. The molecule has 0 bridgehead atoms. The SMILES string of the molecule is [B]C([B])([B])N(C(=O)C1CC(c2cccc3cc(-c4nc5cc(C(=O)N6C[C@H](CN)CC[C@@H]6C)cc(OC)c5n4C)n(CC4CC4)c23)C1)C([B])([B])[B]. The fraction of sp³-hybridized carbons (Fsp3) is 0.528. The Hall–Kier alpha value is -3.46. The van der Waals surface area contributed by atoms with Crippen molar-refractivity contribution in [3.05, 3.63) is 47.5 Å². The van der Waals surface area contributed by atoms with Crippen LogP contribution in [-0.4, -0.2) is 120 Å². The van der Waals surface area contributed by atoms with E-state index in [1.165, 1.54) is 0 Å². The lowest BCUT2D eigenvalue weighted by molar-refractivity contribution is -0.139. The van der Waals surface area contributed by atoms with Gasteiger partial charge in [0.25, 0.3) is 5.91 Å². The molecule has 0 spiro atoms. The quantitative estimate of drug-likeness (QED) is 0.262. The van der Waals surface area contributed by atoms with Crippen molar-refractivity contribution in [1.29, 1.82) is 0 Å². The van der Waals surface area contributed by atoms with Gasteiger partial charge in [0.15, 0.2) is 5.82 Å². The van der Waals surface area contributed by atoms with Crippen molar-refractivity contribution in [2.75, 3.05) is 20.2 Å². The third-order valence-electron chi connectivity index (χ3n) is 11.2. The first kappa shape index (κ1) is 35.9. The lowest BCUT2D eigenvalue weighted by Crippen LogP contribution is -2.67. The van der Waals surface area contributed by atoms with Gasteiger partial charge in [-0.15, -0.1) is 0 Å². The van der Waals surface area contributed by atoms with Gasteiger partial charge >= 0.3 is 0 Å². The predicted octanol–water partition coefficient (Wildman–Crippen LogP) is 2.37. The molecule has 2 atom stereocenters. The van der Waals surface area contributed by atoms with Crippen LogP contribution < -0.4 is 10.5 Å². The van der Waals surface area contributed by atoms with Gasteiger partial charge in [0.05, 0.1) is 70.9 Å². The van der Waals surface area contributed by atoms with E-state index in [-0.39, 0.29) is 17.9 Å². The molecule has 12 radical (unpaired) electrons. The van der Waals surface area contributed by atoms with E-state index in [4.69, 9.17) is 62.5 Å². The predicted molar refractivity (Wildman–Crippen MR) is 205 cm³/mol. The molecule has 1 aliphatic heterocycles. The van der Waals surface area contributed by atoms with Crippen molar-refractivity contribution in [1.82, 2.24) is 23.9 Å². The van der Waals surface area contributed by atoms with Crippen LogP contribution in [-0.2, 0) is 18.4 Å². The number of ether oxygens (including phenoxy) is 1. The second kappa shape index (κ2) is 13.2. The van der Waals surface area contributed by atoms with Crippen LogP contribution in [0.2, 0.25) is 0 Å². The molecule has 2 aromatic heterocycles. The molecule has 51 heavy (non-hydrogen) atoms. The molecule has 2 amide bonds. The van der Waals surface area contributed by atoms with Crippen LogP contribution in [0.5, 0.6) is 5.75 Å². The van der Waals surface area contributed by atoms with Crippen molar-refractivity contribution >= 4 is 80.8 Å². The van der Waals surface area contributed by atoms with Crippen molar-refractivity contribution in [2.45, 2.75) is 74.4 Å². The van der Waals surface area contributed by atoms with Gasteiger partial charge in [0.1, 0.15) is 11.3 Å². The van der Waals surface area contributed by atoms with Gasteiger partial charge in [-0.3, -0.25) is 9.59 Å². The maximum Gasteiger partial charge on any atom is 0.254 e. The van der Waals surface area contributed by atoms with Crippen molar-refractivity contribution < 1.29 is 14.3 Å². The van der Waals surface area contributed by atoms with E-state index in [2.05, 4.69) is 34.3 Å². The second-order valence-corrected chi connectivity index (χ2v) is 15.2. The van der Waals surface area contributed by atoms with Crippen molar-refractivity contribution in [3.8, 4) is 17.3 Å². The number of carbonyl (C=O) groups excluding carboxylic acids is 2. The van der Waals surface area contributed by atoms with E-state index in [0.717, 1.165) is 70.6 Å². The molecular formula is C36H40B6N6O3. The summed E-state index contributed by atoms with van der Waals surface area (Å²) < 4.78 is 10.3. The van der Waals surface area contributed by atoms with Crippen LogP contribution in [0.1, 0.15) is 67.3 Å². The number of rotatable bonds is 10. The Morgan fingerprint density at radius 2 is 1.67 bits per heavy atom. The summed E-state index contributed by atoms with van der Waals surface area (Å²) in [5, 5.41) is -3.15. The Bertz CT molecular complexity index is 1980. The summed E-state index contributed by atoms with van der Waals surface area (Å²) in [6, 6.07) is 12.3. The largest absolute Gasteiger partial charge is 0.494 e. The summed E-state index contributed by atoms with van der Waals surface area (Å²) in [7, 11) is 38.7. The summed E-state index contributed by atoms with van der Waals surface area (Å²) in [6.07, 6.45) is 5.35. The molecule has 3 fully saturated rings. The maximum atomic E-state index is 13.9. The minimum absolute atomic E-state index is 0.0360. The molecule has 2 aliphatic carbocycles. The summed E-state index contributed by atoms with van der Waals surface area (Å²) in [6.45, 7) is 4.14. The number of methoxy groups -OCH3 is 1. The number of imidazole rings is 1. The van der Waals surface area contributed by atoms with Crippen molar-refractivity contribution in [2.24, 2.45) is 30.5 Å². The Morgan fingerprint density at radius 3 is 2.29 bits per heavy atom. The number of nitrogens with two attached hydrogens (primary N) is 1. The molecule has 4 aromatic rings. The van der Waals surface area contributed by atoms with Gasteiger partial charge in [-0.25, -0.2) is 4.98 Å². The van der Waals surface area contributed by atoms with Crippen LogP contribution in [0.15, 0.2) is 36.4 Å². The van der Waals surface area contributed by atoms with Crippen LogP contribution >= 0.6 is 0 Å². The second-order valence-electron chi connectivity index (χ2n) is 15.2. The molecule has 250 valence electrons. The number of carbonyl (C=O) groups is 2. The molecule has 2 N–H and O–H groups in total. The number of piperidine rings is 1. The summed E-state index contributed by atoms with van der Waals surface area (Å²) in [4.78, 5) is 35.2. The number of amides is 2. The van der Waals surface area contributed by atoms with Crippen LogP contribution in [0.25, 0.3) is 33.5 Å². The van der Waals surface area contributed by atoms with Gasteiger partial charge in [0, 0.05) is 43.0 Å².